The van der Waals surface area contributed by atoms with Gasteiger partial charge in [0.1, 0.15) is 29.0 Å². The fourth-order valence-electron chi connectivity index (χ4n) is 5.64. The Morgan fingerprint density at radius 3 is 2.59 bits per heavy atom. The third-order valence-electron chi connectivity index (χ3n) is 7.69. The zero-order valence-electron chi connectivity index (χ0n) is 21.6. The van der Waals surface area contributed by atoms with E-state index in [0.29, 0.717) is 35.6 Å². The summed E-state index contributed by atoms with van der Waals surface area (Å²) in [6.07, 6.45) is 4.59. The molecule has 4 aromatic rings. The predicted molar refractivity (Wildman–Crippen MR) is 146 cm³/mol. The summed E-state index contributed by atoms with van der Waals surface area (Å²) in [6.45, 7) is 2.97. The standard InChI is InChI=1S/C29H29F2N7O/c1-39-22-9-12-36(17-22)21-6-7-25(24(31)14-21)38-28(18-4-5-19(15-32)23(30)13-18)35-27-26(8-10-34-29(27)38)37-11-2-3-20(33)16-37/h4-8,10,13-14,20,22H,2-3,9,11-12,16-17,33H2,1H3/t20-,22?/m1/s1. The van der Waals surface area contributed by atoms with Gasteiger partial charge in [-0.25, -0.2) is 18.7 Å². The van der Waals surface area contributed by atoms with Gasteiger partial charge >= 0.3 is 0 Å². The number of hydrogen-bond acceptors (Lipinski definition) is 7. The van der Waals surface area contributed by atoms with E-state index < -0.39 is 11.6 Å². The van der Waals surface area contributed by atoms with Gasteiger partial charge in [-0.3, -0.25) is 4.57 Å². The first kappa shape index (κ1) is 25.2. The third kappa shape index (κ3) is 4.58. The quantitative estimate of drug-likeness (QED) is 0.410. The van der Waals surface area contributed by atoms with E-state index in [1.807, 2.05) is 18.2 Å². The van der Waals surface area contributed by atoms with Gasteiger partial charge in [0.25, 0.3) is 0 Å². The number of hydrogen-bond donors (Lipinski definition) is 1. The van der Waals surface area contributed by atoms with Crippen molar-refractivity contribution in [2.75, 3.05) is 43.1 Å². The number of halogens is 2. The number of rotatable bonds is 5. The molecule has 8 nitrogen and oxygen atoms in total. The fourth-order valence-corrected chi connectivity index (χ4v) is 5.64. The summed E-state index contributed by atoms with van der Waals surface area (Å²) >= 11 is 0. The number of nitrogens with two attached hydrogens (primary N) is 1. The van der Waals surface area contributed by atoms with Crippen molar-refractivity contribution in [2.45, 2.75) is 31.4 Å². The molecular formula is C29H29F2N7O. The van der Waals surface area contributed by atoms with Gasteiger partial charge < -0.3 is 20.3 Å². The number of piperidine rings is 1. The molecule has 2 aromatic carbocycles. The molecule has 0 amide bonds. The summed E-state index contributed by atoms with van der Waals surface area (Å²) in [5, 5.41) is 9.22. The highest BCUT2D eigenvalue weighted by Crippen LogP contribution is 2.35. The first-order chi connectivity index (χ1) is 19.0. The van der Waals surface area contributed by atoms with Gasteiger partial charge in [0, 0.05) is 56.8 Å². The molecule has 1 unspecified atom stereocenters. The zero-order chi connectivity index (χ0) is 27.1. The molecule has 2 fully saturated rings. The van der Waals surface area contributed by atoms with E-state index in [9.17, 15) is 9.65 Å². The molecular weight excluding hydrogens is 500 g/mol. The molecule has 2 atom stereocenters. The van der Waals surface area contributed by atoms with Crippen molar-refractivity contribution in [3.63, 3.8) is 0 Å². The normalized spacial score (nSPS) is 19.6. The lowest BCUT2D eigenvalue weighted by Gasteiger charge is -2.32. The largest absolute Gasteiger partial charge is 0.380 e. The topological polar surface area (TPSA) is 96.2 Å². The number of fused-ring (bicyclic) bond motifs is 1. The van der Waals surface area contributed by atoms with Gasteiger partial charge in [0.2, 0.25) is 0 Å². The van der Waals surface area contributed by atoms with Gasteiger partial charge in [-0.15, -0.1) is 0 Å². The Morgan fingerprint density at radius 2 is 1.87 bits per heavy atom. The minimum absolute atomic E-state index is 0.0458. The van der Waals surface area contributed by atoms with Crippen molar-refractivity contribution >= 4 is 22.5 Å². The maximum atomic E-state index is 15.9. The number of pyridine rings is 1. The Hall–Kier alpha value is -4.07. The van der Waals surface area contributed by atoms with E-state index in [1.54, 1.807) is 30.0 Å². The molecule has 4 heterocycles. The Kier molecular flexibility index (Phi) is 6.62. The Labute approximate surface area is 225 Å². The smallest absolute Gasteiger partial charge is 0.167 e. The van der Waals surface area contributed by atoms with Crippen molar-refractivity contribution in [1.82, 2.24) is 14.5 Å². The Bertz CT molecular complexity index is 1580. The van der Waals surface area contributed by atoms with E-state index in [4.69, 9.17) is 15.5 Å². The van der Waals surface area contributed by atoms with Gasteiger partial charge in [-0.05, 0) is 61.7 Å². The number of ether oxygens (including phenoxy) is 1. The summed E-state index contributed by atoms with van der Waals surface area (Å²) in [5.74, 6) is -0.779. The molecule has 6 rings (SSSR count). The van der Waals surface area contributed by atoms with E-state index in [1.165, 1.54) is 18.2 Å². The number of nitrogens with zero attached hydrogens (tertiary/aromatic N) is 6. The van der Waals surface area contributed by atoms with E-state index >= 15 is 4.39 Å². The van der Waals surface area contributed by atoms with Crippen molar-refractivity contribution in [3.05, 3.63) is 65.9 Å². The lowest BCUT2D eigenvalue weighted by atomic mass is 10.1. The highest BCUT2D eigenvalue weighted by Gasteiger charge is 2.26. The first-order valence-electron chi connectivity index (χ1n) is 13.1. The molecule has 0 radical (unpaired) electrons. The highest BCUT2D eigenvalue weighted by atomic mass is 19.1. The molecule has 2 N–H and O–H groups in total. The maximum absolute atomic E-state index is 15.9. The van der Waals surface area contributed by atoms with Crippen LogP contribution in [0.2, 0.25) is 0 Å². The van der Waals surface area contributed by atoms with Crippen molar-refractivity contribution < 1.29 is 13.5 Å². The molecule has 0 saturated carbocycles. The molecule has 10 heteroatoms. The molecule has 2 aromatic heterocycles. The average Bonchev–Trinajstić information content (AvgIpc) is 3.58. The molecule has 0 spiro atoms. The summed E-state index contributed by atoms with van der Waals surface area (Å²) in [6, 6.07) is 13.2. The van der Waals surface area contributed by atoms with Gasteiger partial charge in [-0.1, -0.05) is 0 Å². The highest BCUT2D eigenvalue weighted by molar-refractivity contribution is 5.90. The number of benzene rings is 2. The van der Waals surface area contributed by atoms with Gasteiger partial charge in [-0.2, -0.15) is 5.26 Å². The number of nitriles is 1. The Balaban J connectivity index is 1.51. The van der Waals surface area contributed by atoms with E-state index in [0.717, 1.165) is 43.7 Å². The van der Waals surface area contributed by atoms with Crippen LogP contribution >= 0.6 is 0 Å². The second-order valence-corrected chi connectivity index (χ2v) is 10.2. The molecule has 200 valence electrons. The number of aromatic nitrogens is 3. The van der Waals surface area contributed by atoms with Gasteiger partial charge in [0.15, 0.2) is 5.65 Å². The van der Waals surface area contributed by atoms with E-state index in [2.05, 4.69) is 14.8 Å². The molecule has 0 aliphatic carbocycles. The number of anilines is 2. The van der Waals surface area contributed by atoms with Crippen molar-refractivity contribution in [1.29, 1.82) is 5.26 Å². The second kappa shape index (κ2) is 10.2. The minimum Gasteiger partial charge on any atom is -0.380 e. The lowest BCUT2D eigenvalue weighted by molar-refractivity contribution is 0.121. The average molecular weight is 530 g/mol. The number of methoxy groups -OCH3 is 1. The van der Waals surface area contributed by atoms with Crippen LogP contribution < -0.4 is 15.5 Å². The van der Waals surface area contributed by atoms with Crippen LogP contribution in [0.3, 0.4) is 0 Å². The van der Waals surface area contributed by atoms with Crippen molar-refractivity contribution in [3.8, 4) is 23.1 Å². The van der Waals surface area contributed by atoms with Crippen LogP contribution in [0.1, 0.15) is 24.8 Å². The van der Waals surface area contributed by atoms with Gasteiger partial charge in [0.05, 0.1) is 23.0 Å². The number of imidazole rings is 1. The summed E-state index contributed by atoms with van der Waals surface area (Å²) < 4.78 is 37.7. The minimum atomic E-state index is -0.665. The van der Waals surface area contributed by atoms with Crippen LogP contribution in [0.25, 0.3) is 28.2 Å². The van der Waals surface area contributed by atoms with Crippen molar-refractivity contribution in [2.24, 2.45) is 5.73 Å². The summed E-state index contributed by atoms with van der Waals surface area (Å²) in [4.78, 5) is 13.8. The SMILES string of the molecule is COC1CCN(c2ccc(-n3c(-c4ccc(C#N)c(F)c4)nc4c(N5CCC[C@@H](N)C5)ccnc43)c(F)c2)C1. The van der Waals surface area contributed by atoms with Crippen LogP contribution in [-0.2, 0) is 4.74 Å². The molecule has 2 aliphatic heterocycles. The fraction of sp³-hybridized carbons (Fsp3) is 0.345. The maximum Gasteiger partial charge on any atom is 0.167 e. The Morgan fingerprint density at radius 1 is 1.00 bits per heavy atom. The van der Waals surface area contributed by atoms with Crippen LogP contribution in [0.5, 0.6) is 0 Å². The third-order valence-corrected chi connectivity index (χ3v) is 7.69. The summed E-state index contributed by atoms with van der Waals surface area (Å²) in [7, 11) is 1.69. The lowest BCUT2D eigenvalue weighted by Crippen LogP contribution is -2.42. The molecule has 39 heavy (non-hydrogen) atoms. The van der Waals surface area contributed by atoms with E-state index in [-0.39, 0.29) is 23.4 Å². The molecule has 2 saturated heterocycles. The van der Waals surface area contributed by atoms with Crippen LogP contribution in [0.15, 0.2) is 48.7 Å². The molecule has 2 aliphatic rings. The van der Waals surface area contributed by atoms with Crippen LogP contribution in [-0.4, -0.2) is 60.0 Å². The summed E-state index contributed by atoms with van der Waals surface area (Å²) in [5.41, 5.74) is 9.51. The zero-order valence-corrected chi connectivity index (χ0v) is 21.6. The molecule has 0 bridgehead atoms. The second-order valence-electron chi connectivity index (χ2n) is 10.2. The predicted octanol–water partition coefficient (Wildman–Crippen LogP) is 4.39. The van der Waals surface area contributed by atoms with Crippen LogP contribution in [0.4, 0.5) is 20.2 Å². The first-order valence-corrected chi connectivity index (χ1v) is 13.1. The van der Waals surface area contributed by atoms with Crippen LogP contribution in [0, 0.1) is 23.0 Å². The monoisotopic (exact) mass is 529 g/mol.